The molecule has 0 saturated carbocycles. The van der Waals surface area contributed by atoms with Crippen molar-refractivity contribution in [1.82, 2.24) is 4.98 Å². The quantitative estimate of drug-likeness (QED) is 0.295. The smallest absolute Gasteiger partial charge is 0.248 e. The molecular formula is C21H32BrNO3Si. The first-order valence-corrected chi connectivity index (χ1v) is 13.7. The molecule has 1 aromatic carbocycles. The minimum absolute atomic E-state index is 0.0796. The number of hydrogen-bond donors (Lipinski definition) is 1. The molecule has 1 N–H and O–H groups in total. The third-order valence-corrected chi connectivity index (χ3v) is 10.5. The zero-order chi connectivity index (χ0) is 20.2. The second-order valence-corrected chi connectivity index (χ2v) is 13.9. The van der Waals surface area contributed by atoms with E-state index < -0.39 is 8.32 Å². The number of hydrogen-bond acceptors (Lipinski definition) is 3. The van der Waals surface area contributed by atoms with Gasteiger partial charge in [0.05, 0.1) is 18.2 Å². The van der Waals surface area contributed by atoms with Gasteiger partial charge in [0.15, 0.2) is 8.32 Å². The molecule has 0 unspecified atom stereocenters. The third-order valence-electron chi connectivity index (χ3n) is 5.38. The van der Waals surface area contributed by atoms with Crippen molar-refractivity contribution in [2.75, 3.05) is 11.9 Å². The van der Waals surface area contributed by atoms with Crippen LogP contribution in [0.4, 0.5) is 0 Å². The zero-order valence-electron chi connectivity index (χ0n) is 17.3. The summed E-state index contributed by atoms with van der Waals surface area (Å²) < 4.78 is 12.6. The normalized spacial score (nSPS) is 13.7. The van der Waals surface area contributed by atoms with Crippen LogP contribution >= 0.6 is 15.9 Å². The lowest BCUT2D eigenvalue weighted by atomic mass is 10.0. The number of aromatic amines is 1. The Balaban J connectivity index is 2.48. The van der Waals surface area contributed by atoms with E-state index in [1.54, 1.807) is 6.07 Å². The molecule has 2 aromatic rings. The number of fused-ring (bicyclic) bond motifs is 1. The molecule has 0 bridgehead atoms. The summed E-state index contributed by atoms with van der Waals surface area (Å²) in [4.78, 5) is 14.9. The van der Waals surface area contributed by atoms with E-state index in [9.17, 15) is 4.79 Å². The molecule has 0 spiro atoms. The van der Waals surface area contributed by atoms with Crippen LogP contribution in [0, 0.1) is 0 Å². The van der Waals surface area contributed by atoms with E-state index in [1.165, 1.54) is 0 Å². The van der Waals surface area contributed by atoms with Crippen molar-refractivity contribution in [2.45, 2.75) is 64.8 Å². The van der Waals surface area contributed by atoms with Crippen molar-refractivity contribution in [3.63, 3.8) is 0 Å². The molecular weight excluding hydrogens is 422 g/mol. The molecule has 0 aliphatic rings. The number of rotatable bonds is 8. The number of halogens is 1. The van der Waals surface area contributed by atoms with Crippen molar-refractivity contribution in [3.8, 4) is 5.75 Å². The molecule has 0 aliphatic heterocycles. The molecule has 1 aromatic heterocycles. The van der Waals surface area contributed by atoms with Crippen molar-refractivity contribution < 1.29 is 9.16 Å². The van der Waals surface area contributed by atoms with E-state index in [0.717, 1.165) is 35.1 Å². The minimum atomic E-state index is -1.94. The van der Waals surface area contributed by atoms with Crippen LogP contribution in [0.3, 0.4) is 0 Å². The number of unbranched alkanes of at least 4 members (excludes halogenated alkanes) is 1. The van der Waals surface area contributed by atoms with E-state index in [0.29, 0.717) is 11.9 Å². The molecule has 4 nitrogen and oxygen atoms in total. The predicted octanol–water partition coefficient (Wildman–Crippen LogP) is 6.16. The molecule has 6 heteroatoms. The monoisotopic (exact) mass is 453 g/mol. The lowest BCUT2D eigenvalue weighted by Gasteiger charge is -2.39. The first kappa shape index (κ1) is 22.2. The van der Waals surface area contributed by atoms with Gasteiger partial charge in [-0.25, -0.2) is 0 Å². The lowest BCUT2D eigenvalue weighted by Crippen LogP contribution is -2.42. The van der Waals surface area contributed by atoms with E-state index in [2.05, 4.69) is 67.8 Å². The van der Waals surface area contributed by atoms with Crippen LogP contribution in [0.2, 0.25) is 18.1 Å². The number of benzene rings is 1. The topological polar surface area (TPSA) is 51.3 Å². The molecule has 27 heavy (non-hydrogen) atoms. The predicted molar refractivity (Wildman–Crippen MR) is 120 cm³/mol. The Bertz CT molecular complexity index is 826. The Labute approximate surface area is 171 Å². The fraction of sp³-hybridized carbons (Fsp3) is 0.571. The summed E-state index contributed by atoms with van der Waals surface area (Å²) in [6, 6.07) is 7.47. The number of aromatic nitrogens is 1. The summed E-state index contributed by atoms with van der Waals surface area (Å²) in [6.07, 6.45) is 1.97. The molecule has 0 amide bonds. The van der Waals surface area contributed by atoms with Gasteiger partial charge < -0.3 is 14.1 Å². The SMILES string of the molecule is CCCCOc1ccc([C@H](CBr)O[Si](C)(C)C(C)(C)C)c2ccc(=O)[nH]c12. The Morgan fingerprint density at radius 2 is 1.89 bits per heavy atom. The van der Waals surface area contributed by atoms with E-state index in [-0.39, 0.29) is 16.7 Å². The highest BCUT2D eigenvalue weighted by atomic mass is 79.9. The summed E-state index contributed by atoms with van der Waals surface area (Å²) in [6.45, 7) is 14.0. The first-order valence-electron chi connectivity index (χ1n) is 9.63. The van der Waals surface area contributed by atoms with E-state index >= 15 is 0 Å². The van der Waals surface area contributed by atoms with E-state index in [4.69, 9.17) is 9.16 Å². The van der Waals surface area contributed by atoms with Crippen LogP contribution in [0.25, 0.3) is 10.9 Å². The van der Waals surface area contributed by atoms with Crippen LogP contribution in [-0.4, -0.2) is 25.2 Å². The minimum Gasteiger partial charge on any atom is -0.491 e. The summed E-state index contributed by atoms with van der Waals surface area (Å²) in [5, 5.41) is 1.80. The maximum Gasteiger partial charge on any atom is 0.248 e. The van der Waals surface area contributed by atoms with Crippen molar-refractivity contribution in [3.05, 3.63) is 40.2 Å². The van der Waals surface area contributed by atoms with Crippen molar-refractivity contribution in [2.24, 2.45) is 0 Å². The molecule has 1 atom stereocenters. The van der Waals surface area contributed by atoms with Gasteiger partial charge in [-0.1, -0.05) is 56.1 Å². The van der Waals surface area contributed by atoms with Gasteiger partial charge in [-0.3, -0.25) is 4.79 Å². The van der Waals surface area contributed by atoms with Gasteiger partial charge >= 0.3 is 0 Å². The largest absolute Gasteiger partial charge is 0.491 e. The van der Waals surface area contributed by atoms with Crippen LogP contribution < -0.4 is 10.3 Å². The molecule has 2 rings (SSSR count). The van der Waals surface area contributed by atoms with Crippen molar-refractivity contribution >= 4 is 35.2 Å². The number of nitrogens with one attached hydrogen (secondary N) is 1. The maximum atomic E-state index is 11.9. The second-order valence-electron chi connectivity index (χ2n) is 8.49. The Morgan fingerprint density at radius 1 is 1.19 bits per heavy atom. The van der Waals surface area contributed by atoms with Gasteiger partial charge in [-0.05, 0) is 42.2 Å². The summed E-state index contributed by atoms with van der Waals surface area (Å²) in [5.41, 5.74) is 1.70. The molecule has 0 saturated heterocycles. The first-order chi connectivity index (χ1) is 12.6. The fourth-order valence-corrected chi connectivity index (χ4v) is 4.69. The Kier molecular flexibility index (Phi) is 7.33. The summed E-state index contributed by atoms with van der Waals surface area (Å²) >= 11 is 3.64. The van der Waals surface area contributed by atoms with Crippen LogP contribution in [0.5, 0.6) is 5.75 Å². The van der Waals surface area contributed by atoms with Crippen LogP contribution in [0.1, 0.15) is 52.2 Å². The Hall–Kier alpha value is -1.11. The van der Waals surface area contributed by atoms with Crippen LogP contribution in [-0.2, 0) is 4.43 Å². The zero-order valence-corrected chi connectivity index (χ0v) is 19.9. The van der Waals surface area contributed by atoms with Crippen LogP contribution in [0.15, 0.2) is 29.1 Å². The second kappa shape index (κ2) is 8.93. The van der Waals surface area contributed by atoms with Crippen molar-refractivity contribution in [1.29, 1.82) is 0 Å². The van der Waals surface area contributed by atoms with Gasteiger partial charge in [-0.15, -0.1) is 0 Å². The maximum absolute atomic E-state index is 11.9. The third kappa shape index (κ3) is 5.24. The molecule has 0 aliphatic carbocycles. The molecule has 0 fully saturated rings. The summed E-state index contributed by atoms with van der Waals surface area (Å²) in [7, 11) is -1.94. The number of pyridine rings is 1. The van der Waals surface area contributed by atoms with Gasteiger partial charge in [-0.2, -0.15) is 0 Å². The average molecular weight is 454 g/mol. The van der Waals surface area contributed by atoms with Gasteiger partial charge in [0.1, 0.15) is 5.75 Å². The number of H-pyrrole nitrogens is 1. The number of alkyl halides is 1. The highest BCUT2D eigenvalue weighted by Crippen LogP contribution is 2.41. The number of ether oxygens (including phenoxy) is 1. The highest BCUT2D eigenvalue weighted by molar-refractivity contribution is 9.09. The van der Waals surface area contributed by atoms with E-state index in [1.807, 2.05) is 12.1 Å². The molecule has 150 valence electrons. The Morgan fingerprint density at radius 3 is 2.48 bits per heavy atom. The summed E-state index contributed by atoms with van der Waals surface area (Å²) in [5.74, 6) is 0.723. The highest BCUT2D eigenvalue weighted by Gasteiger charge is 2.39. The van der Waals surface area contributed by atoms with Gasteiger partial charge in [0.25, 0.3) is 0 Å². The fourth-order valence-electron chi connectivity index (χ4n) is 2.69. The van der Waals surface area contributed by atoms with Gasteiger partial charge in [0, 0.05) is 16.8 Å². The lowest BCUT2D eigenvalue weighted by molar-refractivity contribution is 0.210. The molecule has 0 radical (unpaired) electrons. The standard InChI is InChI=1S/C21H32BrNO3Si/c1-7-8-13-25-17-11-9-15(16-10-12-19(24)23-20(16)17)18(14-22)26-27(5,6)21(2,3)4/h9-12,18H,7-8,13-14H2,1-6H3,(H,23,24)/t18-/m0/s1. The average Bonchev–Trinajstić information content (AvgIpc) is 2.59. The van der Waals surface area contributed by atoms with Gasteiger partial charge in [0.2, 0.25) is 5.56 Å². The molecule has 1 heterocycles.